The minimum Gasteiger partial charge on any atom is -0.670 e. The van der Waals surface area contributed by atoms with Crippen LogP contribution in [0.1, 0.15) is 74.1 Å². The second-order valence-corrected chi connectivity index (χ2v) is 8.10. The van der Waals surface area contributed by atoms with Gasteiger partial charge in [-0.05, 0) is 66.7 Å². The molecule has 2 aliphatic carbocycles. The summed E-state index contributed by atoms with van der Waals surface area (Å²) in [6.45, 7) is 6.37. The number of nitrogens with one attached hydrogen (secondary N) is 1. The van der Waals surface area contributed by atoms with Crippen LogP contribution in [-0.4, -0.2) is 14.3 Å². The molecule has 3 radical (unpaired) electrons. The van der Waals surface area contributed by atoms with Crippen molar-refractivity contribution < 1.29 is 56.2 Å². The summed E-state index contributed by atoms with van der Waals surface area (Å²) >= 11 is 0. The van der Waals surface area contributed by atoms with Crippen LogP contribution in [0.5, 0.6) is 0 Å². The molecular weight excluding hydrogens is 344 g/mol. The van der Waals surface area contributed by atoms with Gasteiger partial charge in [-0.2, -0.15) is 0 Å². The fourth-order valence-corrected chi connectivity index (χ4v) is 4.51. The fourth-order valence-electron chi connectivity index (χ4n) is 4.51. The molecule has 0 saturated carbocycles. The largest absolute Gasteiger partial charge is 1.00 e. The van der Waals surface area contributed by atoms with E-state index in [4.69, 9.17) is 5.73 Å². The Morgan fingerprint density at radius 1 is 1.15 bits per heavy atom. The van der Waals surface area contributed by atoms with Crippen molar-refractivity contribution in [2.75, 3.05) is 0 Å². The number of carbonyl (C=O) groups excluding carboxylic acids is 1. The standard InChI is InChI=1S/C22H32NO.B.K/c1-3-4-6-16-7-5-8-17-14-18-9-11-22(2,21(23)24)12-10-19(18)15-20(17)13-16;;/h14-16H,2-13H2,1H3,(H2,23,24);;/q-1;;+1/p-1. The molecule has 0 aliphatic heterocycles. The van der Waals surface area contributed by atoms with Crippen LogP contribution >= 0.6 is 0 Å². The van der Waals surface area contributed by atoms with Gasteiger partial charge in [0.15, 0.2) is 0 Å². The van der Waals surface area contributed by atoms with Crippen LogP contribution in [0, 0.1) is 18.3 Å². The maximum atomic E-state index is 11.7. The van der Waals surface area contributed by atoms with Crippen LogP contribution in [-0.2, 0) is 30.5 Å². The first kappa shape index (κ1) is 24.4. The molecule has 26 heavy (non-hydrogen) atoms. The first-order valence-electron chi connectivity index (χ1n) is 9.77. The van der Waals surface area contributed by atoms with E-state index >= 15 is 0 Å². The zero-order chi connectivity index (χ0) is 17.2. The molecular formula is C22H31BKNO-. The van der Waals surface area contributed by atoms with Gasteiger partial charge in [0.1, 0.15) is 0 Å². The van der Waals surface area contributed by atoms with Crippen molar-refractivity contribution in [1.29, 1.82) is 0 Å². The zero-order valence-corrected chi connectivity index (χ0v) is 19.8. The number of hydrogen-bond donors (Lipinski definition) is 0. The van der Waals surface area contributed by atoms with E-state index in [0.717, 1.165) is 31.6 Å². The predicted molar refractivity (Wildman–Crippen MR) is 106 cm³/mol. The number of rotatable bonds is 4. The molecule has 2 unspecified atom stereocenters. The van der Waals surface area contributed by atoms with Crippen LogP contribution in [0.15, 0.2) is 12.1 Å². The van der Waals surface area contributed by atoms with Gasteiger partial charge in [0.25, 0.3) is 0 Å². The topological polar surface area (TPSA) is 40.9 Å². The van der Waals surface area contributed by atoms with Gasteiger partial charge < -0.3 is 17.5 Å². The Morgan fingerprint density at radius 2 is 1.73 bits per heavy atom. The Balaban J connectivity index is 0.00000169. The maximum absolute atomic E-state index is 11.7. The first-order chi connectivity index (χ1) is 11.5. The second kappa shape index (κ2) is 10.8. The molecule has 0 bridgehead atoms. The normalized spacial score (nSPS) is 24.8. The molecule has 135 valence electrons. The van der Waals surface area contributed by atoms with E-state index in [2.05, 4.69) is 26.0 Å². The van der Waals surface area contributed by atoms with Gasteiger partial charge in [-0.25, -0.2) is 0 Å². The van der Waals surface area contributed by atoms with Gasteiger partial charge >= 0.3 is 51.4 Å². The molecule has 2 aliphatic rings. The van der Waals surface area contributed by atoms with E-state index in [0.29, 0.717) is 0 Å². The fraction of sp³-hybridized carbons (Fsp3) is 0.636. The summed E-state index contributed by atoms with van der Waals surface area (Å²) in [4.78, 5) is 11.7. The molecule has 0 saturated heterocycles. The zero-order valence-electron chi connectivity index (χ0n) is 16.7. The summed E-state index contributed by atoms with van der Waals surface area (Å²) < 4.78 is 0. The van der Waals surface area contributed by atoms with Crippen molar-refractivity contribution in [3.63, 3.8) is 0 Å². The van der Waals surface area contributed by atoms with Crippen LogP contribution in [0.4, 0.5) is 0 Å². The monoisotopic (exact) mass is 375 g/mol. The molecule has 1 aromatic rings. The molecule has 4 heteroatoms. The minimum atomic E-state index is -0.694. The average Bonchev–Trinajstić information content (AvgIpc) is 2.86. The summed E-state index contributed by atoms with van der Waals surface area (Å²) in [6.07, 6.45) is 12.4. The van der Waals surface area contributed by atoms with Crippen molar-refractivity contribution in [2.24, 2.45) is 11.3 Å². The summed E-state index contributed by atoms with van der Waals surface area (Å²) in [7, 11) is 0. The van der Waals surface area contributed by atoms with Crippen molar-refractivity contribution in [3.8, 4) is 0 Å². The van der Waals surface area contributed by atoms with E-state index < -0.39 is 11.3 Å². The van der Waals surface area contributed by atoms with Crippen LogP contribution in [0.25, 0.3) is 5.73 Å². The van der Waals surface area contributed by atoms with Crippen LogP contribution < -0.4 is 51.4 Å². The molecule has 3 rings (SSSR count). The number of fused-ring (bicyclic) bond motifs is 2. The molecule has 1 amide bonds. The quantitative estimate of drug-likeness (QED) is 0.452. The average molecular weight is 375 g/mol. The summed E-state index contributed by atoms with van der Waals surface area (Å²) in [5.74, 6) is 0.355. The second-order valence-electron chi connectivity index (χ2n) is 8.10. The Kier molecular flexibility index (Phi) is 10.2. The van der Waals surface area contributed by atoms with Gasteiger partial charge in [0.05, 0.1) is 0 Å². The molecule has 0 aromatic heterocycles. The third kappa shape index (κ3) is 5.70. The minimum absolute atomic E-state index is 0. The Hall–Kier alpha value is 0.391. The van der Waals surface area contributed by atoms with Crippen molar-refractivity contribution in [1.82, 2.24) is 0 Å². The van der Waals surface area contributed by atoms with Gasteiger partial charge in [-0.1, -0.05) is 51.2 Å². The van der Waals surface area contributed by atoms with Crippen molar-refractivity contribution in [3.05, 3.63) is 47.0 Å². The van der Waals surface area contributed by atoms with Gasteiger partial charge in [-0.3, -0.25) is 0 Å². The van der Waals surface area contributed by atoms with Crippen LogP contribution in [0.2, 0.25) is 0 Å². The molecule has 0 fully saturated rings. The number of aryl methyl sites for hydroxylation is 3. The molecule has 1 N–H and O–H groups in total. The number of hydrogen-bond acceptors (Lipinski definition) is 1. The van der Waals surface area contributed by atoms with Crippen molar-refractivity contribution >= 4 is 14.3 Å². The van der Waals surface area contributed by atoms with E-state index in [1.165, 1.54) is 56.1 Å². The van der Waals surface area contributed by atoms with Crippen LogP contribution in [0.3, 0.4) is 0 Å². The summed E-state index contributed by atoms with van der Waals surface area (Å²) in [5.41, 5.74) is 12.8. The Morgan fingerprint density at radius 3 is 2.31 bits per heavy atom. The number of benzene rings is 1. The van der Waals surface area contributed by atoms with E-state index in [9.17, 15) is 4.79 Å². The summed E-state index contributed by atoms with van der Waals surface area (Å²) in [5, 5.41) is 0. The first-order valence-corrected chi connectivity index (χ1v) is 9.77. The Bertz CT molecular complexity index is 618. The predicted octanol–water partition coefficient (Wildman–Crippen LogP) is 2.27. The van der Waals surface area contributed by atoms with E-state index in [1.54, 1.807) is 11.1 Å². The molecule has 1 aromatic carbocycles. The third-order valence-electron chi connectivity index (χ3n) is 6.28. The number of unbranched alkanes of at least 4 members (excludes halogenated alkanes) is 1. The van der Waals surface area contributed by atoms with E-state index in [-0.39, 0.29) is 59.8 Å². The maximum Gasteiger partial charge on any atom is 1.00 e. The van der Waals surface area contributed by atoms with E-state index in [1.807, 2.05) is 0 Å². The molecule has 2 nitrogen and oxygen atoms in total. The number of carbonyl (C=O) groups is 1. The third-order valence-corrected chi connectivity index (χ3v) is 6.28. The molecule has 0 spiro atoms. The number of amides is 1. The SMILES string of the molecule is [B].[CH2-]C1(C([NH-])=O)CCc2cc3c(cc2CC1)CC(CCCC)CCC3.[K+]. The smallest absolute Gasteiger partial charge is 0.670 e. The van der Waals surface area contributed by atoms with Gasteiger partial charge in [0, 0.05) is 14.3 Å². The molecule has 2 atom stereocenters. The molecule has 0 heterocycles. The van der Waals surface area contributed by atoms with Crippen molar-refractivity contribution in [2.45, 2.75) is 77.6 Å². The Labute approximate surface area is 204 Å². The summed E-state index contributed by atoms with van der Waals surface area (Å²) in [6, 6.07) is 4.86. The van der Waals surface area contributed by atoms with Gasteiger partial charge in [-0.15, -0.1) is 5.41 Å². The van der Waals surface area contributed by atoms with Gasteiger partial charge in [0.2, 0.25) is 0 Å².